The van der Waals surface area contributed by atoms with Crippen molar-refractivity contribution in [3.63, 3.8) is 0 Å². The molecule has 0 unspecified atom stereocenters. The highest BCUT2D eigenvalue weighted by Crippen LogP contribution is 2.27. The van der Waals surface area contributed by atoms with Gasteiger partial charge in [-0.2, -0.15) is 5.10 Å². The first-order valence-corrected chi connectivity index (χ1v) is 13.0. The predicted molar refractivity (Wildman–Crippen MR) is 151 cm³/mol. The fourth-order valence-electron chi connectivity index (χ4n) is 4.87. The Labute approximate surface area is 227 Å². The summed E-state index contributed by atoms with van der Waals surface area (Å²) in [5.74, 6) is -0.243. The number of benzene rings is 3. The van der Waals surface area contributed by atoms with E-state index in [0.717, 1.165) is 48.7 Å². The molecule has 4 aromatic rings. The molecule has 0 fully saturated rings. The number of fused-ring (bicyclic) bond motifs is 1. The van der Waals surface area contributed by atoms with Gasteiger partial charge in [-0.1, -0.05) is 59.6 Å². The maximum Gasteiger partial charge on any atom is 0.271 e. The van der Waals surface area contributed by atoms with E-state index in [9.17, 15) is 4.79 Å². The maximum atomic E-state index is 12.7. The molecule has 0 saturated heterocycles. The van der Waals surface area contributed by atoms with Gasteiger partial charge in [0.15, 0.2) is 0 Å². The molecule has 0 bridgehead atoms. The second kappa shape index (κ2) is 10.9. The minimum atomic E-state index is -0.243. The molecule has 0 aliphatic carbocycles. The number of nitrogens with one attached hydrogen (secondary N) is 1. The summed E-state index contributed by atoms with van der Waals surface area (Å²) in [6.07, 6.45) is 2.74. The summed E-state index contributed by atoms with van der Waals surface area (Å²) >= 11 is 12.3. The zero-order chi connectivity index (χ0) is 25.9. The minimum absolute atomic E-state index is 0.243. The molecular formula is C30H28Cl2N4O. The quantitative estimate of drug-likeness (QED) is 0.222. The van der Waals surface area contributed by atoms with Gasteiger partial charge < -0.3 is 4.57 Å². The summed E-state index contributed by atoms with van der Waals surface area (Å²) in [4.78, 5) is 15.1. The van der Waals surface area contributed by atoms with Gasteiger partial charge >= 0.3 is 0 Å². The molecule has 188 valence electrons. The van der Waals surface area contributed by atoms with Crippen molar-refractivity contribution in [3.8, 4) is 5.69 Å². The monoisotopic (exact) mass is 530 g/mol. The second-order valence-corrected chi connectivity index (χ2v) is 10.2. The Bertz CT molecular complexity index is 1470. The van der Waals surface area contributed by atoms with Gasteiger partial charge in [0.05, 0.1) is 16.3 Å². The van der Waals surface area contributed by atoms with Crippen molar-refractivity contribution in [2.24, 2.45) is 5.10 Å². The number of carbonyl (C=O) groups excluding carboxylic acids is 1. The van der Waals surface area contributed by atoms with Crippen LogP contribution in [0.15, 0.2) is 77.9 Å². The van der Waals surface area contributed by atoms with Crippen LogP contribution >= 0.6 is 23.2 Å². The van der Waals surface area contributed by atoms with Gasteiger partial charge in [-0.15, -0.1) is 0 Å². The van der Waals surface area contributed by atoms with E-state index >= 15 is 0 Å². The smallest absolute Gasteiger partial charge is 0.271 e. The molecule has 5 rings (SSSR count). The van der Waals surface area contributed by atoms with Crippen molar-refractivity contribution in [1.29, 1.82) is 0 Å². The summed E-state index contributed by atoms with van der Waals surface area (Å²) in [5.41, 5.74) is 11.1. The lowest BCUT2D eigenvalue weighted by molar-refractivity contribution is 0.0955. The zero-order valence-electron chi connectivity index (χ0n) is 20.8. The van der Waals surface area contributed by atoms with Crippen molar-refractivity contribution in [2.75, 3.05) is 6.54 Å². The van der Waals surface area contributed by atoms with Gasteiger partial charge in [-0.3, -0.25) is 9.69 Å². The van der Waals surface area contributed by atoms with Gasteiger partial charge in [0.2, 0.25) is 0 Å². The molecular weight excluding hydrogens is 503 g/mol. The molecule has 1 N–H and O–H groups in total. The number of aromatic nitrogens is 1. The highest BCUT2D eigenvalue weighted by atomic mass is 35.5. The highest BCUT2D eigenvalue weighted by Gasteiger charge is 2.16. The van der Waals surface area contributed by atoms with Gasteiger partial charge in [0.1, 0.15) is 0 Å². The second-order valence-electron chi connectivity index (χ2n) is 9.39. The van der Waals surface area contributed by atoms with Crippen molar-refractivity contribution < 1.29 is 4.79 Å². The van der Waals surface area contributed by atoms with E-state index < -0.39 is 0 Å². The average Bonchev–Trinajstić information content (AvgIpc) is 3.18. The summed E-state index contributed by atoms with van der Waals surface area (Å²) in [6, 6.07) is 23.9. The number of hydrogen-bond donors (Lipinski definition) is 1. The van der Waals surface area contributed by atoms with E-state index in [1.165, 1.54) is 16.7 Å². The summed E-state index contributed by atoms with van der Waals surface area (Å²) < 4.78 is 2.07. The lowest BCUT2D eigenvalue weighted by Gasteiger charge is -2.28. The highest BCUT2D eigenvalue weighted by molar-refractivity contribution is 6.42. The Balaban J connectivity index is 1.20. The van der Waals surface area contributed by atoms with E-state index in [4.69, 9.17) is 23.2 Å². The minimum Gasteiger partial charge on any atom is -0.318 e. The first kappa shape index (κ1) is 25.3. The topological polar surface area (TPSA) is 49.6 Å². The molecule has 2 heterocycles. The molecule has 0 saturated carbocycles. The Morgan fingerprint density at radius 1 is 0.973 bits per heavy atom. The molecule has 0 radical (unpaired) electrons. The van der Waals surface area contributed by atoms with Gasteiger partial charge in [-0.05, 0) is 73.4 Å². The van der Waals surface area contributed by atoms with Crippen LogP contribution in [0.1, 0.15) is 44.0 Å². The van der Waals surface area contributed by atoms with Crippen LogP contribution in [0.25, 0.3) is 5.69 Å². The van der Waals surface area contributed by atoms with Crippen molar-refractivity contribution >= 4 is 35.3 Å². The largest absolute Gasteiger partial charge is 0.318 e. The number of carbonyl (C=O) groups is 1. The third-order valence-electron chi connectivity index (χ3n) is 6.83. The van der Waals surface area contributed by atoms with Crippen molar-refractivity contribution in [2.45, 2.75) is 33.4 Å². The van der Waals surface area contributed by atoms with Crippen LogP contribution in [0.4, 0.5) is 0 Å². The fraction of sp³-hybridized carbons (Fsp3) is 0.200. The summed E-state index contributed by atoms with van der Waals surface area (Å²) in [7, 11) is 0. The first-order valence-electron chi connectivity index (χ1n) is 12.2. The summed E-state index contributed by atoms with van der Waals surface area (Å²) in [5, 5.41) is 5.22. The zero-order valence-corrected chi connectivity index (χ0v) is 22.4. The van der Waals surface area contributed by atoms with Gasteiger partial charge in [-0.25, -0.2) is 5.43 Å². The normalized spacial score (nSPS) is 13.6. The van der Waals surface area contributed by atoms with Crippen LogP contribution in [-0.4, -0.2) is 28.1 Å². The van der Waals surface area contributed by atoms with E-state index in [0.29, 0.717) is 15.6 Å². The number of amides is 1. The van der Waals surface area contributed by atoms with Crippen LogP contribution in [0, 0.1) is 13.8 Å². The lowest BCUT2D eigenvalue weighted by atomic mass is 9.99. The Morgan fingerprint density at radius 3 is 2.49 bits per heavy atom. The SMILES string of the molecule is Cc1cc(C=NNC(=O)c2ccc(CN3CCc4ccccc4C3)cc2)c(C)n1-c1ccc(Cl)c(Cl)c1. The van der Waals surface area contributed by atoms with E-state index in [-0.39, 0.29) is 5.91 Å². The Kier molecular flexibility index (Phi) is 7.47. The van der Waals surface area contributed by atoms with Gasteiger partial charge in [0.25, 0.3) is 5.91 Å². The molecule has 0 spiro atoms. The molecule has 1 aliphatic heterocycles. The number of hydrazone groups is 1. The number of hydrogen-bond acceptors (Lipinski definition) is 3. The molecule has 1 amide bonds. The Hall–Kier alpha value is -3.38. The molecule has 37 heavy (non-hydrogen) atoms. The van der Waals surface area contributed by atoms with Crippen LogP contribution < -0.4 is 5.43 Å². The summed E-state index contributed by atoms with van der Waals surface area (Å²) in [6.45, 7) is 6.87. The number of rotatable bonds is 6. The standard InChI is InChI=1S/C30H28Cl2N4O/c1-20-15-26(21(2)36(20)27-11-12-28(31)29(32)16-27)17-33-34-30(37)24-9-7-22(8-10-24)18-35-14-13-23-5-3-4-6-25(23)19-35/h3-12,15-17H,13-14,18-19H2,1-2H3,(H,34,37). The molecule has 1 aliphatic rings. The number of nitrogens with zero attached hydrogens (tertiary/aromatic N) is 3. The molecule has 3 aromatic carbocycles. The van der Waals surface area contributed by atoms with Gasteiger partial charge in [0, 0.05) is 47.8 Å². The van der Waals surface area contributed by atoms with Crippen LogP contribution in [0.5, 0.6) is 0 Å². The third kappa shape index (κ3) is 5.64. The fourth-order valence-corrected chi connectivity index (χ4v) is 5.17. The molecule has 0 atom stereocenters. The molecule has 1 aromatic heterocycles. The maximum absolute atomic E-state index is 12.7. The predicted octanol–water partition coefficient (Wildman–Crippen LogP) is 6.72. The van der Waals surface area contributed by atoms with E-state index in [2.05, 4.69) is 44.3 Å². The number of halogens is 2. The first-order chi connectivity index (χ1) is 17.9. The van der Waals surface area contributed by atoms with E-state index in [1.807, 2.05) is 56.3 Å². The third-order valence-corrected chi connectivity index (χ3v) is 7.57. The van der Waals surface area contributed by atoms with E-state index in [1.54, 1.807) is 12.3 Å². The van der Waals surface area contributed by atoms with Crippen LogP contribution in [-0.2, 0) is 19.5 Å². The van der Waals surface area contributed by atoms with Crippen LogP contribution in [0.3, 0.4) is 0 Å². The Morgan fingerprint density at radius 2 is 1.73 bits per heavy atom. The molecule has 7 heteroatoms. The average molecular weight is 531 g/mol. The van der Waals surface area contributed by atoms with Crippen LogP contribution in [0.2, 0.25) is 10.0 Å². The number of aryl methyl sites for hydroxylation is 1. The lowest BCUT2D eigenvalue weighted by Crippen LogP contribution is -2.30. The van der Waals surface area contributed by atoms with Crippen molar-refractivity contribution in [3.05, 3.63) is 122 Å². The van der Waals surface area contributed by atoms with Crippen molar-refractivity contribution in [1.82, 2.24) is 14.9 Å². The molecule has 5 nitrogen and oxygen atoms in total.